The average molecular weight is 268 g/mol. The number of carbonyl (C=O) groups excluding carboxylic acids is 1. The van der Waals surface area contributed by atoms with E-state index in [1.54, 1.807) is 11.3 Å². The average Bonchev–Trinajstić information content (AvgIpc) is 3.00. The Morgan fingerprint density at radius 2 is 2.29 bits per heavy atom. The molecule has 0 atom stereocenters. The number of carbonyl (C=O) groups is 1. The number of thiocarbonyl (C=S) groups is 1. The fraction of sp³-hybridized carbons (Fsp3) is 0.500. The maximum absolute atomic E-state index is 12.3. The molecule has 3 nitrogen and oxygen atoms in total. The molecule has 1 saturated carbocycles. The molecule has 92 valence electrons. The van der Waals surface area contributed by atoms with Crippen molar-refractivity contribution in [3.05, 3.63) is 21.9 Å². The number of hydrogen-bond acceptors (Lipinski definition) is 3. The minimum absolute atomic E-state index is 0.127. The van der Waals surface area contributed by atoms with Gasteiger partial charge in [-0.2, -0.15) is 0 Å². The van der Waals surface area contributed by atoms with Crippen LogP contribution < -0.4 is 5.73 Å². The summed E-state index contributed by atoms with van der Waals surface area (Å²) < 4.78 is 0. The SMILES string of the molecule is Cc1ccc(C(=O)N(CCC(N)=S)C2CC2)s1. The molecule has 2 N–H and O–H groups in total. The smallest absolute Gasteiger partial charge is 0.264 e. The van der Waals surface area contributed by atoms with Crippen LogP contribution in [0.2, 0.25) is 0 Å². The Morgan fingerprint density at radius 1 is 1.59 bits per heavy atom. The Bertz CT molecular complexity index is 437. The zero-order valence-electron chi connectivity index (χ0n) is 9.81. The van der Waals surface area contributed by atoms with E-state index in [1.807, 2.05) is 24.0 Å². The molecule has 1 heterocycles. The second kappa shape index (κ2) is 5.14. The lowest BCUT2D eigenvalue weighted by Gasteiger charge is -2.21. The molecule has 0 spiro atoms. The maximum Gasteiger partial charge on any atom is 0.264 e. The van der Waals surface area contributed by atoms with Crippen LogP contribution in [0.25, 0.3) is 0 Å². The summed E-state index contributed by atoms with van der Waals surface area (Å²) in [5.74, 6) is 0.127. The minimum Gasteiger partial charge on any atom is -0.393 e. The van der Waals surface area contributed by atoms with Crippen molar-refractivity contribution in [1.29, 1.82) is 0 Å². The minimum atomic E-state index is 0.127. The van der Waals surface area contributed by atoms with Crippen molar-refractivity contribution in [2.75, 3.05) is 6.54 Å². The van der Waals surface area contributed by atoms with Gasteiger partial charge in [0.2, 0.25) is 0 Å². The number of hydrogen-bond donors (Lipinski definition) is 1. The predicted molar refractivity (Wildman–Crippen MR) is 74.5 cm³/mol. The van der Waals surface area contributed by atoms with Crippen LogP contribution in [-0.2, 0) is 0 Å². The third-order valence-electron chi connectivity index (χ3n) is 2.80. The molecule has 0 aromatic carbocycles. The number of nitrogens with two attached hydrogens (primary N) is 1. The van der Waals surface area contributed by atoms with Gasteiger partial charge in [0.1, 0.15) is 0 Å². The van der Waals surface area contributed by atoms with Gasteiger partial charge in [0, 0.05) is 23.9 Å². The van der Waals surface area contributed by atoms with Crippen LogP contribution in [0.3, 0.4) is 0 Å². The molecule has 1 aliphatic rings. The number of amides is 1. The largest absolute Gasteiger partial charge is 0.393 e. The van der Waals surface area contributed by atoms with Gasteiger partial charge in [0.25, 0.3) is 5.91 Å². The molecule has 1 aromatic rings. The lowest BCUT2D eigenvalue weighted by molar-refractivity contribution is 0.0753. The second-order valence-corrected chi connectivity index (χ2v) is 6.17. The molecule has 0 radical (unpaired) electrons. The molecule has 1 aliphatic carbocycles. The van der Waals surface area contributed by atoms with Gasteiger partial charge in [-0.3, -0.25) is 4.79 Å². The highest BCUT2D eigenvalue weighted by Gasteiger charge is 2.33. The quantitative estimate of drug-likeness (QED) is 0.834. The number of aryl methyl sites for hydroxylation is 1. The molecule has 0 aliphatic heterocycles. The second-order valence-electron chi connectivity index (χ2n) is 4.36. The number of nitrogens with zero attached hydrogens (tertiary/aromatic N) is 1. The Labute approximate surface area is 111 Å². The molecule has 17 heavy (non-hydrogen) atoms. The van der Waals surface area contributed by atoms with E-state index in [2.05, 4.69) is 0 Å². The van der Waals surface area contributed by atoms with Crippen LogP contribution in [0.15, 0.2) is 12.1 Å². The first kappa shape index (κ1) is 12.5. The summed E-state index contributed by atoms with van der Waals surface area (Å²) in [6, 6.07) is 4.29. The van der Waals surface area contributed by atoms with Crippen molar-refractivity contribution in [2.24, 2.45) is 5.73 Å². The highest BCUT2D eigenvalue weighted by Crippen LogP contribution is 2.29. The Hall–Kier alpha value is -0.940. The van der Waals surface area contributed by atoms with Gasteiger partial charge in [0.15, 0.2) is 0 Å². The van der Waals surface area contributed by atoms with Crippen LogP contribution in [0, 0.1) is 6.92 Å². The van der Waals surface area contributed by atoms with Crippen LogP contribution >= 0.6 is 23.6 Å². The zero-order chi connectivity index (χ0) is 12.4. The van der Waals surface area contributed by atoms with Crippen molar-refractivity contribution in [3.63, 3.8) is 0 Å². The normalized spacial score (nSPS) is 14.6. The Morgan fingerprint density at radius 3 is 2.76 bits per heavy atom. The molecular weight excluding hydrogens is 252 g/mol. The predicted octanol–water partition coefficient (Wildman–Crippen LogP) is 2.34. The van der Waals surface area contributed by atoms with E-state index in [1.165, 1.54) is 4.88 Å². The monoisotopic (exact) mass is 268 g/mol. The molecule has 1 aromatic heterocycles. The first-order valence-electron chi connectivity index (χ1n) is 5.73. The summed E-state index contributed by atoms with van der Waals surface area (Å²) in [7, 11) is 0. The third kappa shape index (κ3) is 3.26. The van der Waals surface area contributed by atoms with E-state index in [4.69, 9.17) is 18.0 Å². The number of thiophene rings is 1. The van der Waals surface area contributed by atoms with Gasteiger partial charge in [-0.25, -0.2) is 0 Å². The van der Waals surface area contributed by atoms with Crippen LogP contribution in [0.1, 0.15) is 33.8 Å². The van der Waals surface area contributed by atoms with E-state index in [0.29, 0.717) is 24.0 Å². The van der Waals surface area contributed by atoms with Gasteiger partial charge in [-0.15, -0.1) is 11.3 Å². The lowest BCUT2D eigenvalue weighted by Crippen LogP contribution is -2.35. The Kier molecular flexibility index (Phi) is 3.79. The fourth-order valence-corrected chi connectivity index (χ4v) is 2.67. The highest BCUT2D eigenvalue weighted by molar-refractivity contribution is 7.80. The summed E-state index contributed by atoms with van der Waals surface area (Å²) in [5, 5.41) is 0. The van der Waals surface area contributed by atoms with Crippen LogP contribution in [0.4, 0.5) is 0 Å². The molecule has 0 bridgehead atoms. The van der Waals surface area contributed by atoms with Crippen molar-refractivity contribution in [1.82, 2.24) is 4.90 Å². The van der Waals surface area contributed by atoms with Gasteiger partial charge < -0.3 is 10.6 Å². The summed E-state index contributed by atoms with van der Waals surface area (Å²) in [6.07, 6.45) is 2.82. The standard InChI is InChI=1S/C12H16N2OS2/c1-8-2-5-10(17-8)12(15)14(9-3-4-9)7-6-11(13)16/h2,5,9H,3-4,6-7H2,1H3,(H2,13,16). The fourth-order valence-electron chi connectivity index (χ4n) is 1.76. The van der Waals surface area contributed by atoms with Crippen molar-refractivity contribution in [3.8, 4) is 0 Å². The molecule has 0 unspecified atom stereocenters. The zero-order valence-corrected chi connectivity index (χ0v) is 11.4. The summed E-state index contributed by atoms with van der Waals surface area (Å²) >= 11 is 6.42. The van der Waals surface area contributed by atoms with E-state index < -0.39 is 0 Å². The number of rotatable bonds is 5. The van der Waals surface area contributed by atoms with Crippen LogP contribution in [-0.4, -0.2) is 28.4 Å². The summed E-state index contributed by atoms with van der Waals surface area (Å²) in [4.78, 5) is 16.7. The van der Waals surface area contributed by atoms with Crippen LogP contribution in [0.5, 0.6) is 0 Å². The topological polar surface area (TPSA) is 46.3 Å². The first-order chi connectivity index (χ1) is 8.08. The molecular formula is C12H16N2OS2. The van der Waals surface area contributed by atoms with Crippen molar-refractivity contribution < 1.29 is 4.79 Å². The van der Waals surface area contributed by atoms with Crippen molar-refractivity contribution in [2.45, 2.75) is 32.2 Å². The molecule has 5 heteroatoms. The van der Waals surface area contributed by atoms with Gasteiger partial charge in [-0.05, 0) is 31.9 Å². The molecule has 0 saturated heterocycles. The van der Waals surface area contributed by atoms with Gasteiger partial charge >= 0.3 is 0 Å². The summed E-state index contributed by atoms with van der Waals surface area (Å²) in [5.41, 5.74) is 5.50. The molecule has 2 rings (SSSR count). The summed E-state index contributed by atoms with van der Waals surface area (Å²) in [6.45, 7) is 2.66. The van der Waals surface area contributed by atoms with E-state index in [-0.39, 0.29) is 5.91 Å². The van der Waals surface area contributed by atoms with E-state index in [9.17, 15) is 4.79 Å². The maximum atomic E-state index is 12.3. The van der Waals surface area contributed by atoms with Gasteiger partial charge in [-0.1, -0.05) is 12.2 Å². The first-order valence-corrected chi connectivity index (χ1v) is 6.96. The molecule has 1 amide bonds. The highest BCUT2D eigenvalue weighted by atomic mass is 32.1. The third-order valence-corrected chi connectivity index (χ3v) is 3.99. The van der Waals surface area contributed by atoms with E-state index >= 15 is 0 Å². The van der Waals surface area contributed by atoms with Gasteiger partial charge in [0.05, 0.1) is 9.87 Å². The lowest BCUT2D eigenvalue weighted by atomic mass is 10.3. The molecule has 1 fully saturated rings. The van der Waals surface area contributed by atoms with Crippen molar-refractivity contribution >= 4 is 34.5 Å². The Balaban J connectivity index is 2.05. The van der Waals surface area contributed by atoms with E-state index in [0.717, 1.165) is 17.7 Å².